The minimum Gasteiger partial charge on any atom is -0.508 e. The zero-order valence-electron chi connectivity index (χ0n) is 11.6. The lowest BCUT2D eigenvalue weighted by atomic mass is 10.1. The normalized spacial score (nSPS) is 10.5. The second-order valence-electron chi connectivity index (χ2n) is 4.56. The van der Waals surface area contributed by atoms with Gasteiger partial charge in [-0.3, -0.25) is 4.79 Å². The van der Waals surface area contributed by atoms with Crippen molar-refractivity contribution in [2.75, 3.05) is 0 Å². The van der Waals surface area contributed by atoms with Gasteiger partial charge in [0.1, 0.15) is 5.75 Å². The Morgan fingerprint density at radius 3 is 2.27 bits per heavy atom. The topological polar surface area (TPSA) is 99.0 Å². The zero-order chi connectivity index (χ0) is 15.9. The number of carboxylic acid groups (broad SMARTS) is 1. The van der Waals surface area contributed by atoms with E-state index in [-0.39, 0.29) is 23.6 Å². The summed E-state index contributed by atoms with van der Waals surface area (Å²) < 4.78 is 0. The van der Waals surface area contributed by atoms with Crippen LogP contribution in [0.15, 0.2) is 53.6 Å². The Bertz CT molecular complexity index is 691. The van der Waals surface area contributed by atoms with Crippen molar-refractivity contribution in [3.63, 3.8) is 0 Å². The second-order valence-corrected chi connectivity index (χ2v) is 4.56. The molecule has 0 aliphatic rings. The summed E-state index contributed by atoms with van der Waals surface area (Å²) in [5, 5.41) is 21.7. The number of carboxylic acids is 1. The summed E-state index contributed by atoms with van der Waals surface area (Å²) >= 11 is 0. The van der Waals surface area contributed by atoms with Crippen LogP contribution < -0.4 is 5.43 Å². The number of aromatic carboxylic acids is 1. The molecule has 0 atom stereocenters. The summed E-state index contributed by atoms with van der Waals surface area (Å²) in [6.45, 7) is 0. The molecule has 0 radical (unpaired) electrons. The minimum atomic E-state index is -0.995. The van der Waals surface area contributed by atoms with Crippen LogP contribution in [0.5, 0.6) is 5.75 Å². The summed E-state index contributed by atoms with van der Waals surface area (Å²) in [5.41, 5.74) is 4.01. The molecule has 0 fully saturated rings. The summed E-state index contributed by atoms with van der Waals surface area (Å²) in [7, 11) is 0. The fraction of sp³-hybridized carbons (Fsp3) is 0.0625. The van der Waals surface area contributed by atoms with E-state index in [1.807, 2.05) is 0 Å². The van der Waals surface area contributed by atoms with Gasteiger partial charge < -0.3 is 10.2 Å². The predicted octanol–water partition coefficient (Wildman–Crippen LogP) is 1.78. The third-order valence-electron chi connectivity index (χ3n) is 2.86. The van der Waals surface area contributed by atoms with Crippen LogP contribution in [0.1, 0.15) is 21.5 Å². The molecular formula is C16H14N2O4. The van der Waals surface area contributed by atoms with E-state index in [2.05, 4.69) is 10.5 Å². The van der Waals surface area contributed by atoms with Crippen LogP contribution in [-0.4, -0.2) is 28.3 Å². The molecule has 0 aromatic heterocycles. The largest absolute Gasteiger partial charge is 0.508 e. The van der Waals surface area contributed by atoms with Crippen molar-refractivity contribution in [1.29, 1.82) is 0 Å². The van der Waals surface area contributed by atoms with E-state index in [0.29, 0.717) is 5.56 Å². The van der Waals surface area contributed by atoms with Gasteiger partial charge in [-0.2, -0.15) is 5.10 Å². The van der Waals surface area contributed by atoms with E-state index in [1.54, 1.807) is 24.3 Å². The molecule has 1 amide bonds. The van der Waals surface area contributed by atoms with Crippen LogP contribution in [-0.2, 0) is 11.2 Å². The van der Waals surface area contributed by atoms with Crippen molar-refractivity contribution >= 4 is 18.1 Å². The highest BCUT2D eigenvalue weighted by atomic mass is 16.4. The second kappa shape index (κ2) is 7.03. The number of hydrogen-bond donors (Lipinski definition) is 3. The molecule has 0 unspecified atom stereocenters. The number of phenolic OH excluding ortho intramolecular Hbond substituents is 1. The van der Waals surface area contributed by atoms with Crippen molar-refractivity contribution < 1.29 is 19.8 Å². The van der Waals surface area contributed by atoms with Gasteiger partial charge in [-0.1, -0.05) is 24.3 Å². The van der Waals surface area contributed by atoms with Gasteiger partial charge in [0.25, 0.3) is 0 Å². The number of nitrogens with zero attached hydrogens (tertiary/aromatic N) is 1. The minimum absolute atomic E-state index is 0.145. The van der Waals surface area contributed by atoms with E-state index in [0.717, 1.165) is 5.56 Å². The Labute approximate surface area is 126 Å². The third kappa shape index (κ3) is 4.45. The third-order valence-corrected chi connectivity index (χ3v) is 2.86. The molecule has 0 bridgehead atoms. The first-order valence-electron chi connectivity index (χ1n) is 6.48. The monoisotopic (exact) mass is 298 g/mol. The van der Waals surface area contributed by atoms with E-state index < -0.39 is 5.97 Å². The Hall–Kier alpha value is -3.15. The lowest BCUT2D eigenvalue weighted by Crippen LogP contribution is -2.19. The Morgan fingerprint density at radius 2 is 1.68 bits per heavy atom. The van der Waals surface area contributed by atoms with E-state index in [1.165, 1.54) is 30.5 Å². The summed E-state index contributed by atoms with van der Waals surface area (Å²) in [4.78, 5) is 22.4. The number of hydrazone groups is 1. The molecule has 6 nitrogen and oxygen atoms in total. The number of hydrogen-bond acceptors (Lipinski definition) is 4. The molecule has 3 N–H and O–H groups in total. The number of nitrogens with one attached hydrogen (secondary N) is 1. The van der Waals surface area contributed by atoms with Crippen molar-refractivity contribution in [1.82, 2.24) is 5.43 Å². The maximum absolute atomic E-state index is 11.7. The maximum atomic E-state index is 11.7. The van der Waals surface area contributed by atoms with Crippen molar-refractivity contribution in [2.45, 2.75) is 6.42 Å². The zero-order valence-corrected chi connectivity index (χ0v) is 11.6. The SMILES string of the molecule is O=C(Cc1ccc(O)cc1)N/N=C/c1ccc(C(=O)O)cc1. The van der Waals surface area contributed by atoms with Crippen LogP contribution in [0, 0.1) is 0 Å². The lowest BCUT2D eigenvalue weighted by Gasteiger charge is -2.01. The van der Waals surface area contributed by atoms with Crippen LogP contribution in [0.4, 0.5) is 0 Å². The molecule has 0 aliphatic carbocycles. The molecule has 22 heavy (non-hydrogen) atoms. The highest BCUT2D eigenvalue weighted by molar-refractivity contribution is 5.89. The van der Waals surface area contributed by atoms with Crippen LogP contribution >= 0.6 is 0 Å². The molecule has 0 saturated carbocycles. The summed E-state index contributed by atoms with van der Waals surface area (Å²) in [6.07, 6.45) is 1.58. The van der Waals surface area contributed by atoms with Gasteiger partial charge >= 0.3 is 5.97 Å². The van der Waals surface area contributed by atoms with Gasteiger partial charge in [0.15, 0.2) is 0 Å². The fourth-order valence-corrected chi connectivity index (χ4v) is 1.73. The van der Waals surface area contributed by atoms with Gasteiger partial charge in [-0.25, -0.2) is 10.2 Å². The molecule has 0 aliphatic heterocycles. The van der Waals surface area contributed by atoms with Gasteiger partial charge in [-0.05, 0) is 35.4 Å². The average molecular weight is 298 g/mol. The van der Waals surface area contributed by atoms with Crippen molar-refractivity contribution in [3.8, 4) is 5.75 Å². The maximum Gasteiger partial charge on any atom is 0.335 e. The number of aromatic hydroxyl groups is 1. The van der Waals surface area contributed by atoms with Crippen LogP contribution in [0.25, 0.3) is 0 Å². The smallest absolute Gasteiger partial charge is 0.335 e. The van der Waals surface area contributed by atoms with Crippen molar-refractivity contribution in [3.05, 3.63) is 65.2 Å². The standard InChI is InChI=1S/C16H14N2O4/c19-14-7-3-11(4-8-14)9-15(20)18-17-10-12-1-5-13(6-2-12)16(21)22/h1-8,10,19H,9H2,(H,18,20)(H,21,22)/b17-10+. The number of carbonyl (C=O) groups is 2. The Balaban J connectivity index is 1.87. The van der Waals surface area contributed by atoms with E-state index in [9.17, 15) is 9.59 Å². The van der Waals surface area contributed by atoms with E-state index >= 15 is 0 Å². The first kappa shape index (κ1) is 15.2. The predicted molar refractivity (Wildman–Crippen MR) is 80.9 cm³/mol. The Morgan fingerprint density at radius 1 is 1.05 bits per heavy atom. The first-order valence-corrected chi connectivity index (χ1v) is 6.48. The van der Waals surface area contributed by atoms with Crippen molar-refractivity contribution in [2.24, 2.45) is 5.10 Å². The average Bonchev–Trinajstić information content (AvgIpc) is 2.50. The number of phenols is 1. The fourth-order valence-electron chi connectivity index (χ4n) is 1.73. The summed E-state index contributed by atoms with van der Waals surface area (Å²) in [5.74, 6) is -1.14. The van der Waals surface area contributed by atoms with Gasteiger partial charge in [0.2, 0.25) is 5.91 Å². The molecular weight excluding hydrogens is 284 g/mol. The van der Waals surface area contributed by atoms with Gasteiger partial charge in [-0.15, -0.1) is 0 Å². The molecule has 6 heteroatoms. The number of benzene rings is 2. The van der Waals surface area contributed by atoms with Gasteiger partial charge in [0, 0.05) is 0 Å². The number of carbonyl (C=O) groups excluding carboxylic acids is 1. The van der Waals surface area contributed by atoms with E-state index in [4.69, 9.17) is 10.2 Å². The molecule has 2 aromatic rings. The molecule has 112 valence electrons. The highest BCUT2D eigenvalue weighted by Crippen LogP contribution is 2.09. The van der Waals surface area contributed by atoms with Crippen LogP contribution in [0.3, 0.4) is 0 Å². The molecule has 2 rings (SSSR count). The quantitative estimate of drug-likeness (QED) is 0.579. The number of rotatable bonds is 5. The lowest BCUT2D eigenvalue weighted by molar-refractivity contribution is -0.120. The highest BCUT2D eigenvalue weighted by Gasteiger charge is 2.02. The molecule has 2 aromatic carbocycles. The molecule has 0 saturated heterocycles. The Kier molecular flexibility index (Phi) is 4.87. The molecule has 0 spiro atoms. The van der Waals surface area contributed by atoms with Crippen LogP contribution in [0.2, 0.25) is 0 Å². The first-order chi connectivity index (χ1) is 10.5. The molecule has 0 heterocycles. The summed E-state index contributed by atoms with van der Waals surface area (Å²) in [6, 6.07) is 12.4. The number of amides is 1. The van der Waals surface area contributed by atoms with Gasteiger partial charge in [0.05, 0.1) is 18.2 Å².